The maximum Gasteiger partial charge on any atom is 0.326 e. The summed E-state index contributed by atoms with van der Waals surface area (Å²) in [6.07, 6.45) is 0.650. The fourth-order valence-electron chi connectivity index (χ4n) is 3.74. The summed E-state index contributed by atoms with van der Waals surface area (Å²) in [5.74, 6) is -2.77. The highest BCUT2D eigenvalue weighted by atomic mass is 32.1. The highest BCUT2D eigenvalue weighted by Gasteiger charge is 2.30. The Morgan fingerprint density at radius 1 is 0.757 bits per heavy atom. The Labute approximate surface area is 223 Å². The second kappa shape index (κ2) is 15.0. The molecule has 0 bridgehead atoms. The van der Waals surface area contributed by atoms with Crippen molar-refractivity contribution in [2.45, 2.75) is 57.3 Å². The summed E-state index contributed by atoms with van der Waals surface area (Å²) in [7, 11) is 0. The number of carboxylic acids is 1. The second-order valence-electron chi connectivity index (χ2n) is 9.32. The molecular weight excluding hydrogens is 492 g/mol. The van der Waals surface area contributed by atoms with Gasteiger partial charge in [-0.25, -0.2) is 4.79 Å². The Bertz CT molecular complexity index is 1040. The van der Waals surface area contributed by atoms with Crippen molar-refractivity contribution in [1.82, 2.24) is 16.0 Å². The van der Waals surface area contributed by atoms with Gasteiger partial charge in [0.15, 0.2) is 0 Å². The van der Waals surface area contributed by atoms with E-state index in [1.807, 2.05) is 26.0 Å². The van der Waals surface area contributed by atoms with Crippen LogP contribution in [0.3, 0.4) is 0 Å². The number of amides is 3. The normalized spacial score (nSPS) is 14.2. The number of hydrogen-bond acceptors (Lipinski definition) is 6. The molecule has 3 amide bonds. The standard InChI is InChI=1S/C27H36N4O5S/c1-17(2)13-20(28)24(32)31-23(16-37)26(34)29-21(14-18-9-5-3-6-10-18)25(33)30-22(27(35)36)15-19-11-7-4-8-12-19/h3-12,17,20-23,37H,13-16,28H2,1-2H3,(H,29,34)(H,30,33)(H,31,32)(H,35,36). The number of benzene rings is 2. The lowest BCUT2D eigenvalue weighted by atomic mass is 10.0. The van der Waals surface area contributed by atoms with Crippen LogP contribution in [0.2, 0.25) is 0 Å². The minimum Gasteiger partial charge on any atom is -0.480 e. The van der Waals surface area contributed by atoms with E-state index in [-0.39, 0.29) is 24.5 Å². The Kier molecular flexibility index (Phi) is 12.1. The summed E-state index contributed by atoms with van der Waals surface area (Å²) >= 11 is 4.18. The Morgan fingerprint density at radius 2 is 1.19 bits per heavy atom. The molecule has 0 saturated heterocycles. The van der Waals surface area contributed by atoms with Crippen molar-refractivity contribution < 1.29 is 24.3 Å². The minimum atomic E-state index is -1.19. The van der Waals surface area contributed by atoms with E-state index < -0.39 is 47.9 Å². The molecule has 0 fully saturated rings. The van der Waals surface area contributed by atoms with Gasteiger partial charge in [0.25, 0.3) is 0 Å². The molecule has 0 spiro atoms. The lowest BCUT2D eigenvalue weighted by molar-refractivity contribution is -0.142. The van der Waals surface area contributed by atoms with E-state index in [9.17, 15) is 24.3 Å². The lowest BCUT2D eigenvalue weighted by Gasteiger charge is -2.25. The van der Waals surface area contributed by atoms with Gasteiger partial charge in [-0.15, -0.1) is 0 Å². The van der Waals surface area contributed by atoms with Gasteiger partial charge in [-0.2, -0.15) is 12.6 Å². The Balaban J connectivity index is 2.17. The third kappa shape index (κ3) is 10.3. The number of nitrogens with one attached hydrogen (secondary N) is 3. The van der Waals surface area contributed by atoms with Crippen LogP contribution in [-0.2, 0) is 32.0 Å². The smallest absolute Gasteiger partial charge is 0.326 e. The van der Waals surface area contributed by atoms with Crippen LogP contribution in [0.1, 0.15) is 31.4 Å². The third-order valence-corrected chi connectivity index (χ3v) is 6.06. The molecular formula is C27H36N4O5S. The van der Waals surface area contributed by atoms with Gasteiger partial charge >= 0.3 is 5.97 Å². The number of carbonyl (C=O) groups is 4. The fourth-order valence-corrected chi connectivity index (χ4v) is 4.00. The first-order chi connectivity index (χ1) is 17.6. The van der Waals surface area contributed by atoms with Gasteiger partial charge in [0.1, 0.15) is 18.1 Å². The minimum absolute atomic E-state index is 0.0165. The first kappa shape index (κ1) is 29.9. The molecule has 0 aliphatic rings. The van der Waals surface area contributed by atoms with Crippen LogP contribution in [-0.4, -0.2) is 58.7 Å². The van der Waals surface area contributed by atoms with Crippen molar-refractivity contribution in [3.63, 3.8) is 0 Å². The van der Waals surface area contributed by atoms with E-state index in [1.165, 1.54) is 0 Å². The maximum atomic E-state index is 13.2. The van der Waals surface area contributed by atoms with E-state index in [1.54, 1.807) is 48.5 Å². The molecule has 0 aromatic heterocycles. The number of nitrogens with two attached hydrogens (primary N) is 1. The Morgan fingerprint density at radius 3 is 1.65 bits per heavy atom. The topological polar surface area (TPSA) is 151 Å². The lowest BCUT2D eigenvalue weighted by Crippen LogP contribution is -2.58. The molecule has 0 saturated carbocycles. The molecule has 10 heteroatoms. The van der Waals surface area contributed by atoms with Gasteiger partial charge in [0.05, 0.1) is 6.04 Å². The molecule has 4 atom stereocenters. The van der Waals surface area contributed by atoms with Gasteiger partial charge < -0.3 is 26.8 Å². The quantitative estimate of drug-likeness (QED) is 0.204. The van der Waals surface area contributed by atoms with Gasteiger partial charge in [0.2, 0.25) is 17.7 Å². The van der Waals surface area contributed by atoms with Crippen LogP contribution in [0.4, 0.5) is 0 Å². The van der Waals surface area contributed by atoms with Crippen molar-refractivity contribution in [3.05, 3.63) is 71.8 Å². The first-order valence-electron chi connectivity index (χ1n) is 12.2. The highest BCUT2D eigenvalue weighted by molar-refractivity contribution is 7.80. The summed E-state index contributed by atoms with van der Waals surface area (Å²) in [6, 6.07) is 13.9. The number of carbonyl (C=O) groups excluding carboxylic acids is 3. The van der Waals surface area contributed by atoms with Crippen LogP contribution >= 0.6 is 12.6 Å². The fraction of sp³-hybridized carbons (Fsp3) is 0.407. The largest absolute Gasteiger partial charge is 0.480 e. The summed E-state index contributed by atoms with van der Waals surface area (Å²) in [6.45, 7) is 3.87. The van der Waals surface area contributed by atoms with E-state index in [0.717, 1.165) is 11.1 Å². The number of thiol groups is 1. The van der Waals surface area contributed by atoms with Crippen molar-refractivity contribution in [1.29, 1.82) is 0 Å². The molecule has 0 heterocycles. The van der Waals surface area contributed by atoms with Gasteiger partial charge in [-0.05, 0) is 23.5 Å². The zero-order valence-corrected chi connectivity index (χ0v) is 22.0. The summed E-state index contributed by atoms with van der Waals surface area (Å²) in [5, 5.41) is 17.5. The molecule has 4 unspecified atom stereocenters. The number of rotatable bonds is 14. The van der Waals surface area contributed by atoms with E-state index >= 15 is 0 Å². The predicted octanol–water partition coefficient (Wildman–Crippen LogP) is 1.31. The molecule has 2 rings (SSSR count). The second-order valence-corrected chi connectivity index (χ2v) is 9.68. The zero-order valence-electron chi connectivity index (χ0n) is 21.1. The van der Waals surface area contributed by atoms with Crippen molar-refractivity contribution >= 4 is 36.3 Å². The molecule has 2 aromatic carbocycles. The highest BCUT2D eigenvalue weighted by Crippen LogP contribution is 2.08. The van der Waals surface area contributed by atoms with Crippen molar-refractivity contribution in [2.75, 3.05) is 5.75 Å². The first-order valence-corrected chi connectivity index (χ1v) is 12.8. The van der Waals surface area contributed by atoms with Crippen LogP contribution < -0.4 is 21.7 Å². The molecule has 37 heavy (non-hydrogen) atoms. The maximum absolute atomic E-state index is 13.2. The number of hydrogen-bond donors (Lipinski definition) is 6. The number of aliphatic carboxylic acids is 1. The average molecular weight is 529 g/mol. The van der Waals surface area contributed by atoms with Gasteiger partial charge in [0, 0.05) is 18.6 Å². The molecule has 0 radical (unpaired) electrons. The molecule has 0 aliphatic carbocycles. The van der Waals surface area contributed by atoms with E-state index in [0.29, 0.717) is 6.42 Å². The SMILES string of the molecule is CC(C)CC(N)C(=O)NC(CS)C(=O)NC(Cc1ccccc1)C(=O)NC(Cc1ccccc1)C(=O)O. The van der Waals surface area contributed by atoms with Gasteiger partial charge in [-0.3, -0.25) is 14.4 Å². The molecule has 2 aromatic rings. The molecule has 6 N–H and O–H groups in total. The zero-order chi connectivity index (χ0) is 27.4. The van der Waals surface area contributed by atoms with Crippen molar-refractivity contribution in [3.8, 4) is 0 Å². The van der Waals surface area contributed by atoms with Gasteiger partial charge in [-0.1, -0.05) is 74.5 Å². The number of carboxylic acid groups (broad SMARTS) is 1. The van der Waals surface area contributed by atoms with Crippen LogP contribution in [0.15, 0.2) is 60.7 Å². The molecule has 0 aliphatic heterocycles. The third-order valence-electron chi connectivity index (χ3n) is 5.69. The predicted molar refractivity (Wildman–Crippen MR) is 145 cm³/mol. The van der Waals surface area contributed by atoms with Crippen molar-refractivity contribution in [2.24, 2.45) is 11.7 Å². The molecule has 200 valence electrons. The summed E-state index contributed by atoms with van der Waals surface area (Å²) in [5.41, 5.74) is 7.44. The van der Waals surface area contributed by atoms with Crippen LogP contribution in [0, 0.1) is 5.92 Å². The molecule has 9 nitrogen and oxygen atoms in total. The van der Waals surface area contributed by atoms with E-state index in [4.69, 9.17) is 5.73 Å². The summed E-state index contributed by atoms with van der Waals surface area (Å²) in [4.78, 5) is 50.6. The van der Waals surface area contributed by atoms with Crippen LogP contribution in [0.25, 0.3) is 0 Å². The summed E-state index contributed by atoms with van der Waals surface area (Å²) < 4.78 is 0. The average Bonchev–Trinajstić information content (AvgIpc) is 2.86. The monoisotopic (exact) mass is 528 g/mol. The van der Waals surface area contributed by atoms with Crippen LogP contribution in [0.5, 0.6) is 0 Å². The Hall–Kier alpha value is -3.37. The van der Waals surface area contributed by atoms with E-state index in [2.05, 4.69) is 28.6 Å².